The second-order valence-electron chi connectivity index (χ2n) is 4.67. The summed E-state index contributed by atoms with van der Waals surface area (Å²) in [6, 6.07) is 8.94. The average Bonchev–Trinajstić information content (AvgIpc) is 2.41. The van der Waals surface area contributed by atoms with Crippen LogP contribution in [-0.2, 0) is 19.8 Å². The zero-order valence-corrected chi connectivity index (χ0v) is 11.8. The number of hydrogen-bond acceptors (Lipinski definition) is 4. The number of amides is 1. The summed E-state index contributed by atoms with van der Waals surface area (Å²) >= 11 is 0. The van der Waals surface area contributed by atoms with E-state index in [-0.39, 0.29) is 11.9 Å². The number of carbonyl (C=O) groups excluding carboxylic acids is 1. The number of ether oxygens (including phenoxy) is 2. The summed E-state index contributed by atoms with van der Waals surface area (Å²) in [6.07, 6.45) is -0.504. The normalized spacial score (nSPS) is 15.9. The van der Waals surface area contributed by atoms with E-state index in [4.69, 9.17) is 15.2 Å². The second kappa shape index (κ2) is 6.65. The van der Waals surface area contributed by atoms with E-state index in [9.17, 15) is 4.79 Å². The van der Waals surface area contributed by atoms with Crippen molar-refractivity contribution in [1.82, 2.24) is 5.32 Å². The molecule has 0 bridgehead atoms. The predicted molar refractivity (Wildman–Crippen MR) is 73.4 cm³/mol. The molecule has 0 saturated carbocycles. The van der Waals surface area contributed by atoms with E-state index in [1.54, 1.807) is 13.8 Å². The molecule has 1 aromatic rings. The first kappa shape index (κ1) is 15.6. The van der Waals surface area contributed by atoms with Crippen LogP contribution in [0.3, 0.4) is 0 Å². The fourth-order valence-corrected chi connectivity index (χ4v) is 1.84. The van der Waals surface area contributed by atoms with E-state index in [1.165, 1.54) is 14.2 Å². The molecule has 0 fully saturated rings. The molecule has 19 heavy (non-hydrogen) atoms. The predicted octanol–water partition coefficient (Wildman–Crippen LogP) is 0.984. The average molecular weight is 266 g/mol. The van der Waals surface area contributed by atoms with Crippen LogP contribution in [0.15, 0.2) is 30.3 Å². The van der Waals surface area contributed by atoms with Gasteiger partial charge in [0.25, 0.3) is 0 Å². The van der Waals surface area contributed by atoms with Gasteiger partial charge in [0.2, 0.25) is 5.91 Å². The fraction of sp³-hybridized carbons (Fsp3) is 0.500. The Labute approximate surface area is 114 Å². The minimum absolute atomic E-state index is 0.273. The zero-order valence-electron chi connectivity index (χ0n) is 11.8. The lowest BCUT2D eigenvalue weighted by Crippen LogP contribution is -2.54. The van der Waals surface area contributed by atoms with Crippen LogP contribution in [0.25, 0.3) is 0 Å². The Kier molecular flexibility index (Phi) is 5.47. The van der Waals surface area contributed by atoms with Crippen LogP contribution in [-0.4, -0.2) is 32.5 Å². The summed E-state index contributed by atoms with van der Waals surface area (Å²) in [5, 5.41) is 2.81. The molecule has 0 saturated heterocycles. The topological polar surface area (TPSA) is 73.6 Å². The van der Waals surface area contributed by atoms with Crippen LogP contribution in [0.4, 0.5) is 0 Å². The fourth-order valence-electron chi connectivity index (χ4n) is 1.84. The van der Waals surface area contributed by atoms with Gasteiger partial charge in [-0.05, 0) is 19.4 Å². The Hall–Kier alpha value is -1.43. The van der Waals surface area contributed by atoms with Crippen LogP contribution in [0.1, 0.15) is 19.4 Å². The van der Waals surface area contributed by atoms with Crippen LogP contribution >= 0.6 is 0 Å². The smallest absolute Gasteiger partial charge is 0.244 e. The molecule has 2 unspecified atom stereocenters. The maximum Gasteiger partial charge on any atom is 0.244 e. The number of nitrogens with one attached hydrogen (secondary N) is 1. The highest BCUT2D eigenvalue weighted by atomic mass is 16.7. The van der Waals surface area contributed by atoms with Gasteiger partial charge in [-0.15, -0.1) is 0 Å². The van der Waals surface area contributed by atoms with Crippen molar-refractivity contribution in [2.75, 3.05) is 14.2 Å². The van der Waals surface area contributed by atoms with E-state index < -0.39 is 11.8 Å². The molecule has 0 aliphatic carbocycles. The molecule has 0 aromatic heterocycles. The van der Waals surface area contributed by atoms with Crippen molar-refractivity contribution in [2.24, 2.45) is 5.73 Å². The standard InChI is InChI=1S/C14H22N2O3/c1-10(12(18-3)19-4)16-13(17)14(2,15)11-8-6-5-7-9-11/h5-10,12H,15H2,1-4H3,(H,16,17). The molecule has 0 aliphatic rings. The summed E-state index contributed by atoms with van der Waals surface area (Å²) in [4.78, 5) is 12.3. The minimum atomic E-state index is -1.10. The summed E-state index contributed by atoms with van der Waals surface area (Å²) in [7, 11) is 3.05. The van der Waals surface area contributed by atoms with Gasteiger partial charge in [-0.2, -0.15) is 0 Å². The third-order valence-electron chi connectivity index (χ3n) is 3.08. The summed E-state index contributed by atoms with van der Waals surface area (Å²) in [5.41, 5.74) is 5.78. The van der Waals surface area contributed by atoms with E-state index in [0.29, 0.717) is 0 Å². The van der Waals surface area contributed by atoms with Crippen molar-refractivity contribution in [3.05, 3.63) is 35.9 Å². The summed E-state index contributed by atoms with van der Waals surface area (Å²) in [6.45, 7) is 3.48. The monoisotopic (exact) mass is 266 g/mol. The quantitative estimate of drug-likeness (QED) is 0.753. The Balaban J connectivity index is 2.77. The number of carbonyl (C=O) groups is 1. The van der Waals surface area contributed by atoms with E-state index >= 15 is 0 Å². The Morgan fingerprint density at radius 1 is 1.26 bits per heavy atom. The Morgan fingerprint density at radius 2 is 1.79 bits per heavy atom. The lowest BCUT2D eigenvalue weighted by atomic mass is 9.92. The van der Waals surface area contributed by atoms with Crippen molar-refractivity contribution in [3.8, 4) is 0 Å². The highest BCUT2D eigenvalue weighted by Gasteiger charge is 2.32. The number of hydrogen-bond donors (Lipinski definition) is 2. The van der Waals surface area contributed by atoms with Gasteiger partial charge in [0.05, 0.1) is 6.04 Å². The molecular weight excluding hydrogens is 244 g/mol. The number of nitrogens with two attached hydrogens (primary N) is 1. The SMILES string of the molecule is COC(OC)C(C)NC(=O)C(C)(N)c1ccccc1. The first-order valence-corrected chi connectivity index (χ1v) is 6.14. The van der Waals surface area contributed by atoms with Gasteiger partial charge in [-0.25, -0.2) is 0 Å². The van der Waals surface area contributed by atoms with E-state index in [2.05, 4.69) is 5.32 Å². The van der Waals surface area contributed by atoms with Crippen LogP contribution in [0.5, 0.6) is 0 Å². The highest BCUT2D eigenvalue weighted by molar-refractivity contribution is 5.87. The van der Waals surface area contributed by atoms with Crippen molar-refractivity contribution >= 4 is 5.91 Å². The maximum absolute atomic E-state index is 12.3. The van der Waals surface area contributed by atoms with Crippen molar-refractivity contribution in [1.29, 1.82) is 0 Å². The van der Waals surface area contributed by atoms with Gasteiger partial charge in [0, 0.05) is 14.2 Å². The number of methoxy groups -OCH3 is 2. The van der Waals surface area contributed by atoms with Crippen molar-refractivity contribution in [2.45, 2.75) is 31.7 Å². The minimum Gasteiger partial charge on any atom is -0.354 e. The third-order valence-corrected chi connectivity index (χ3v) is 3.08. The summed E-state index contributed by atoms with van der Waals surface area (Å²) < 4.78 is 10.2. The van der Waals surface area contributed by atoms with Crippen molar-refractivity contribution in [3.63, 3.8) is 0 Å². The third kappa shape index (κ3) is 3.76. The molecule has 106 valence electrons. The van der Waals surface area contributed by atoms with Gasteiger partial charge in [-0.3, -0.25) is 4.79 Å². The number of rotatable bonds is 6. The lowest BCUT2D eigenvalue weighted by Gasteiger charge is -2.28. The van der Waals surface area contributed by atoms with Crippen molar-refractivity contribution < 1.29 is 14.3 Å². The molecule has 0 radical (unpaired) electrons. The van der Waals surface area contributed by atoms with Gasteiger partial charge in [0.15, 0.2) is 6.29 Å². The first-order chi connectivity index (χ1) is 8.93. The molecule has 0 aliphatic heterocycles. The van der Waals surface area contributed by atoms with E-state index in [0.717, 1.165) is 5.56 Å². The molecule has 1 rings (SSSR count). The van der Waals surface area contributed by atoms with Gasteiger partial charge in [0.1, 0.15) is 5.54 Å². The second-order valence-corrected chi connectivity index (χ2v) is 4.67. The maximum atomic E-state index is 12.3. The molecule has 3 N–H and O–H groups in total. The lowest BCUT2D eigenvalue weighted by molar-refractivity contribution is -0.139. The Bertz CT molecular complexity index is 402. The molecule has 5 heteroatoms. The largest absolute Gasteiger partial charge is 0.354 e. The Morgan fingerprint density at radius 3 is 2.26 bits per heavy atom. The zero-order chi connectivity index (χ0) is 14.5. The van der Waals surface area contributed by atoms with Crippen LogP contribution < -0.4 is 11.1 Å². The van der Waals surface area contributed by atoms with Gasteiger partial charge < -0.3 is 20.5 Å². The molecule has 5 nitrogen and oxygen atoms in total. The molecule has 0 heterocycles. The molecular formula is C14H22N2O3. The van der Waals surface area contributed by atoms with Crippen LogP contribution in [0.2, 0.25) is 0 Å². The molecule has 0 spiro atoms. The van der Waals surface area contributed by atoms with Gasteiger partial charge in [-0.1, -0.05) is 30.3 Å². The van der Waals surface area contributed by atoms with Gasteiger partial charge >= 0.3 is 0 Å². The molecule has 2 atom stereocenters. The highest BCUT2D eigenvalue weighted by Crippen LogP contribution is 2.17. The first-order valence-electron chi connectivity index (χ1n) is 6.14. The van der Waals surface area contributed by atoms with E-state index in [1.807, 2.05) is 30.3 Å². The number of benzene rings is 1. The summed E-state index contributed by atoms with van der Waals surface area (Å²) in [5.74, 6) is -0.273. The molecule has 1 aromatic carbocycles. The molecule has 1 amide bonds. The van der Waals surface area contributed by atoms with Crippen LogP contribution in [0, 0.1) is 0 Å².